The fraction of sp³-hybridized carbons (Fsp3) is 0.238. The molecule has 0 bridgehead atoms. The average Bonchev–Trinajstić information content (AvgIpc) is 2.68. The molecule has 0 fully saturated rings. The van der Waals surface area contributed by atoms with Gasteiger partial charge in [-0.25, -0.2) is 4.98 Å². The average molecular weight is 366 g/mol. The first kappa shape index (κ1) is 18.4. The second-order valence-corrected chi connectivity index (χ2v) is 6.97. The number of nitrogens with zero attached hydrogens (tertiary/aromatic N) is 1. The molecule has 1 N–H and O–H groups in total. The van der Waals surface area contributed by atoms with E-state index in [0.29, 0.717) is 18.7 Å². The van der Waals surface area contributed by atoms with Crippen molar-refractivity contribution >= 4 is 28.6 Å². The van der Waals surface area contributed by atoms with E-state index in [9.17, 15) is 4.79 Å². The Morgan fingerprint density at radius 3 is 2.65 bits per heavy atom. The SMILES string of the molecule is CCc1ccc(Sc2cc(C(=O)NCCOC)c3ccccc3n2)cc1. The van der Waals surface area contributed by atoms with E-state index in [-0.39, 0.29) is 5.91 Å². The van der Waals surface area contributed by atoms with Crippen molar-refractivity contribution in [3.05, 3.63) is 65.7 Å². The number of carbonyl (C=O) groups is 1. The lowest BCUT2D eigenvalue weighted by molar-refractivity contribution is 0.0938. The Morgan fingerprint density at radius 2 is 1.92 bits per heavy atom. The van der Waals surface area contributed by atoms with Crippen molar-refractivity contribution in [2.45, 2.75) is 23.3 Å². The molecule has 0 atom stereocenters. The number of aromatic nitrogens is 1. The van der Waals surface area contributed by atoms with E-state index >= 15 is 0 Å². The number of rotatable bonds is 7. The van der Waals surface area contributed by atoms with Crippen LogP contribution >= 0.6 is 11.8 Å². The summed E-state index contributed by atoms with van der Waals surface area (Å²) in [5, 5.41) is 4.56. The van der Waals surface area contributed by atoms with Gasteiger partial charge < -0.3 is 10.1 Å². The first-order valence-corrected chi connectivity index (χ1v) is 9.46. The molecule has 1 heterocycles. The molecule has 0 aliphatic carbocycles. The summed E-state index contributed by atoms with van der Waals surface area (Å²) < 4.78 is 5.01. The topological polar surface area (TPSA) is 51.2 Å². The minimum atomic E-state index is -0.108. The Kier molecular flexibility index (Phi) is 6.26. The van der Waals surface area contributed by atoms with Crippen LogP contribution in [0.1, 0.15) is 22.8 Å². The zero-order valence-corrected chi connectivity index (χ0v) is 15.8. The zero-order chi connectivity index (χ0) is 18.4. The fourth-order valence-electron chi connectivity index (χ4n) is 2.67. The molecule has 0 saturated heterocycles. The van der Waals surface area contributed by atoms with Gasteiger partial charge in [0, 0.05) is 23.9 Å². The van der Waals surface area contributed by atoms with Crippen LogP contribution in [0.25, 0.3) is 10.9 Å². The molecule has 0 unspecified atom stereocenters. The zero-order valence-electron chi connectivity index (χ0n) is 15.0. The predicted octanol–water partition coefficient (Wildman–Crippen LogP) is 4.32. The number of methoxy groups -OCH3 is 1. The first-order valence-electron chi connectivity index (χ1n) is 8.65. The molecule has 2 aromatic carbocycles. The number of hydrogen-bond acceptors (Lipinski definition) is 4. The monoisotopic (exact) mass is 366 g/mol. The molecule has 0 saturated carbocycles. The molecule has 0 radical (unpaired) electrons. The van der Waals surface area contributed by atoms with Gasteiger partial charge in [0.2, 0.25) is 0 Å². The molecule has 0 aliphatic rings. The van der Waals surface area contributed by atoms with Crippen molar-refractivity contribution in [2.75, 3.05) is 20.3 Å². The van der Waals surface area contributed by atoms with Crippen LogP contribution in [0, 0.1) is 0 Å². The lowest BCUT2D eigenvalue weighted by atomic mass is 10.1. The number of aryl methyl sites for hydroxylation is 1. The maximum absolute atomic E-state index is 12.6. The summed E-state index contributed by atoms with van der Waals surface area (Å²) >= 11 is 1.57. The fourth-order valence-corrected chi connectivity index (χ4v) is 3.50. The molecule has 1 aromatic heterocycles. The maximum Gasteiger partial charge on any atom is 0.252 e. The number of ether oxygens (including phenoxy) is 1. The van der Waals surface area contributed by atoms with Crippen molar-refractivity contribution in [3.8, 4) is 0 Å². The summed E-state index contributed by atoms with van der Waals surface area (Å²) in [7, 11) is 1.62. The van der Waals surface area contributed by atoms with Crippen molar-refractivity contribution in [1.29, 1.82) is 0 Å². The van der Waals surface area contributed by atoms with Crippen LogP contribution in [0.3, 0.4) is 0 Å². The molecule has 3 aromatic rings. The lowest BCUT2D eigenvalue weighted by Gasteiger charge is -2.10. The molecule has 0 aliphatic heterocycles. The van der Waals surface area contributed by atoms with Crippen LogP contribution in [-0.2, 0) is 11.2 Å². The van der Waals surface area contributed by atoms with Crippen LogP contribution in [0.5, 0.6) is 0 Å². The number of benzene rings is 2. The Hall–Kier alpha value is -2.37. The number of hydrogen-bond donors (Lipinski definition) is 1. The van der Waals surface area contributed by atoms with Gasteiger partial charge in [-0.1, -0.05) is 49.0 Å². The molecular formula is C21H22N2O2S. The van der Waals surface area contributed by atoms with Gasteiger partial charge in [0.25, 0.3) is 5.91 Å². The van der Waals surface area contributed by atoms with Crippen molar-refractivity contribution < 1.29 is 9.53 Å². The second-order valence-electron chi connectivity index (χ2n) is 5.87. The third-order valence-corrected chi connectivity index (χ3v) is 5.01. The van der Waals surface area contributed by atoms with E-state index in [0.717, 1.165) is 27.2 Å². The summed E-state index contributed by atoms with van der Waals surface area (Å²) in [6, 6.07) is 18.0. The van der Waals surface area contributed by atoms with Crippen molar-refractivity contribution in [1.82, 2.24) is 10.3 Å². The van der Waals surface area contributed by atoms with E-state index in [4.69, 9.17) is 9.72 Å². The van der Waals surface area contributed by atoms with Gasteiger partial charge in [-0.3, -0.25) is 4.79 Å². The molecule has 4 nitrogen and oxygen atoms in total. The Balaban J connectivity index is 1.91. The van der Waals surface area contributed by atoms with E-state index < -0.39 is 0 Å². The highest BCUT2D eigenvalue weighted by Gasteiger charge is 2.13. The number of fused-ring (bicyclic) bond motifs is 1. The predicted molar refractivity (Wildman–Crippen MR) is 106 cm³/mol. The van der Waals surface area contributed by atoms with Gasteiger partial charge >= 0.3 is 0 Å². The van der Waals surface area contributed by atoms with Gasteiger partial charge in [0.15, 0.2) is 0 Å². The second kappa shape index (κ2) is 8.83. The molecule has 134 valence electrons. The smallest absolute Gasteiger partial charge is 0.252 e. The van der Waals surface area contributed by atoms with Crippen LogP contribution in [0.15, 0.2) is 64.5 Å². The minimum absolute atomic E-state index is 0.108. The summed E-state index contributed by atoms with van der Waals surface area (Å²) in [4.78, 5) is 18.4. The largest absolute Gasteiger partial charge is 0.383 e. The third-order valence-electron chi connectivity index (χ3n) is 4.08. The normalized spacial score (nSPS) is 10.8. The Morgan fingerprint density at radius 1 is 1.15 bits per heavy atom. The minimum Gasteiger partial charge on any atom is -0.383 e. The number of amides is 1. The highest BCUT2D eigenvalue weighted by molar-refractivity contribution is 7.99. The van der Waals surface area contributed by atoms with Gasteiger partial charge in [-0.15, -0.1) is 0 Å². The Labute approximate surface area is 158 Å². The summed E-state index contributed by atoms with van der Waals surface area (Å²) in [5.41, 5.74) is 2.76. The summed E-state index contributed by atoms with van der Waals surface area (Å²) in [5.74, 6) is -0.108. The highest BCUT2D eigenvalue weighted by atomic mass is 32.2. The Bertz CT molecular complexity index is 894. The molecular weight excluding hydrogens is 344 g/mol. The van der Waals surface area contributed by atoms with Gasteiger partial charge in [-0.2, -0.15) is 0 Å². The van der Waals surface area contributed by atoms with E-state index in [1.54, 1.807) is 18.9 Å². The van der Waals surface area contributed by atoms with Gasteiger partial charge in [-0.05, 0) is 36.2 Å². The van der Waals surface area contributed by atoms with E-state index in [1.165, 1.54) is 5.56 Å². The number of carbonyl (C=O) groups excluding carboxylic acids is 1. The molecule has 0 spiro atoms. The first-order chi connectivity index (χ1) is 12.7. The maximum atomic E-state index is 12.6. The molecule has 26 heavy (non-hydrogen) atoms. The standard InChI is InChI=1S/C21H22N2O2S/c1-3-15-8-10-16(11-9-15)26-20-14-18(21(24)22-12-13-25-2)17-6-4-5-7-19(17)23-20/h4-11,14H,3,12-13H2,1-2H3,(H,22,24). The quantitative estimate of drug-likeness (QED) is 0.633. The van der Waals surface area contributed by atoms with Crippen LogP contribution in [0.4, 0.5) is 0 Å². The van der Waals surface area contributed by atoms with Crippen LogP contribution < -0.4 is 5.32 Å². The summed E-state index contributed by atoms with van der Waals surface area (Å²) in [6.45, 7) is 3.11. The molecule has 5 heteroatoms. The van der Waals surface area contributed by atoms with E-state index in [2.05, 4.69) is 36.5 Å². The molecule has 1 amide bonds. The highest BCUT2D eigenvalue weighted by Crippen LogP contribution is 2.30. The lowest BCUT2D eigenvalue weighted by Crippen LogP contribution is -2.27. The van der Waals surface area contributed by atoms with Crippen LogP contribution in [-0.4, -0.2) is 31.2 Å². The van der Waals surface area contributed by atoms with Crippen LogP contribution in [0.2, 0.25) is 0 Å². The van der Waals surface area contributed by atoms with Gasteiger partial charge in [0.05, 0.1) is 17.7 Å². The number of nitrogens with one attached hydrogen (secondary N) is 1. The number of para-hydroxylation sites is 1. The molecule has 3 rings (SSSR count). The summed E-state index contributed by atoms with van der Waals surface area (Å²) in [6.07, 6.45) is 1.02. The number of pyridine rings is 1. The van der Waals surface area contributed by atoms with E-state index in [1.807, 2.05) is 30.3 Å². The van der Waals surface area contributed by atoms with Crippen molar-refractivity contribution in [3.63, 3.8) is 0 Å². The van der Waals surface area contributed by atoms with Gasteiger partial charge in [0.1, 0.15) is 5.03 Å². The van der Waals surface area contributed by atoms with Crippen molar-refractivity contribution in [2.24, 2.45) is 0 Å². The third kappa shape index (κ3) is 4.42.